The number of carbonyl (C=O) groups is 2. The molecule has 1 aliphatic heterocycles. The minimum absolute atomic E-state index is 0.0445. The highest BCUT2D eigenvalue weighted by Crippen LogP contribution is 2.45. The van der Waals surface area contributed by atoms with E-state index in [2.05, 4.69) is 0 Å². The SMILES string of the molecule is O=CCC[C@@H]1O[C@@H](c2cccc(Cl)c2)[C@@H](c2ccc(Cl)cc2)N(CC2CC2)C1=O. The normalized spacial score (nSPS) is 24.6. The average Bonchev–Trinajstić information content (AvgIpc) is 3.53. The zero-order chi connectivity index (χ0) is 20.4. The highest BCUT2D eigenvalue weighted by atomic mass is 35.5. The molecule has 1 saturated carbocycles. The van der Waals surface area contributed by atoms with Crippen molar-refractivity contribution in [2.45, 2.75) is 43.9 Å². The highest BCUT2D eigenvalue weighted by Gasteiger charge is 2.45. The van der Waals surface area contributed by atoms with Crippen molar-refractivity contribution in [3.05, 3.63) is 69.7 Å². The van der Waals surface area contributed by atoms with Crippen molar-refractivity contribution in [2.75, 3.05) is 6.54 Å². The molecule has 0 spiro atoms. The largest absolute Gasteiger partial charge is 0.358 e. The van der Waals surface area contributed by atoms with Gasteiger partial charge >= 0.3 is 0 Å². The number of amides is 1. The van der Waals surface area contributed by atoms with E-state index >= 15 is 0 Å². The molecule has 1 heterocycles. The molecule has 1 amide bonds. The van der Waals surface area contributed by atoms with E-state index in [1.54, 1.807) is 0 Å². The molecule has 4 rings (SSSR count). The maximum atomic E-state index is 13.3. The summed E-state index contributed by atoms with van der Waals surface area (Å²) in [6, 6.07) is 14.9. The van der Waals surface area contributed by atoms with E-state index in [9.17, 15) is 9.59 Å². The van der Waals surface area contributed by atoms with Gasteiger partial charge in [-0.1, -0.05) is 47.5 Å². The second kappa shape index (κ2) is 8.86. The third kappa shape index (κ3) is 4.66. The van der Waals surface area contributed by atoms with Crippen LogP contribution in [0.4, 0.5) is 0 Å². The first-order valence-corrected chi connectivity index (χ1v) is 10.7. The fourth-order valence-corrected chi connectivity index (χ4v) is 4.27. The molecule has 1 aliphatic carbocycles. The van der Waals surface area contributed by atoms with Gasteiger partial charge < -0.3 is 14.4 Å². The van der Waals surface area contributed by atoms with Gasteiger partial charge in [-0.3, -0.25) is 4.79 Å². The zero-order valence-electron chi connectivity index (χ0n) is 16.0. The van der Waals surface area contributed by atoms with Crippen LogP contribution in [0.25, 0.3) is 0 Å². The molecule has 0 radical (unpaired) electrons. The van der Waals surface area contributed by atoms with Gasteiger partial charge in [0.15, 0.2) is 0 Å². The van der Waals surface area contributed by atoms with Gasteiger partial charge in [-0.25, -0.2) is 0 Å². The van der Waals surface area contributed by atoms with Crippen molar-refractivity contribution >= 4 is 35.4 Å². The van der Waals surface area contributed by atoms with Gasteiger partial charge in [0.1, 0.15) is 18.5 Å². The van der Waals surface area contributed by atoms with Crippen LogP contribution < -0.4 is 0 Å². The van der Waals surface area contributed by atoms with Gasteiger partial charge in [0.25, 0.3) is 5.91 Å². The van der Waals surface area contributed by atoms with Crippen LogP contribution in [0.1, 0.15) is 49.0 Å². The molecule has 2 aliphatic rings. The predicted octanol–water partition coefficient (Wildman–Crippen LogP) is 5.39. The standard InChI is InChI=1S/C23H23Cl2NO3/c24-18-10-8-16(9-11-18)21-22(17-3-1-4-19(25)13-17)29-20(5-2-12-27)23(28)26(21)14-15-6-7-15/h1,3-4,8-13,15,20-22H,2,5-7,14H2/t20-,21+,22-/m0/s1. The summed E-state index contributed by atoms with van der Waals surface area (Å²) in [5.41, 5.74) is 1.89. The van der Waals surface area contributed by atoms with E-state index in [4.69, 9.17) is 27.9 Å². The van der Waals surface area contributed by atoms with Crippen LogP contribution in [0.2, 0.25) is 10.0 Å². The molecular formula is C23H23Cl2NO3. The van der Waals surface area contributed by atoms with Gasteiger partial charge in [-0.2, -0.15) is 0 Å². The topological polar surface area (TPSA) is 46.6 Å². The Morgan fingerprint density at radius 3 is 2.45 bits per heavy atom. The first-order valence-electron chi connectivity index (χ1n) is 9.97. The lowest BCUT2D eigenvalue weighted by Crippen LogP contribution is -2.51. The van der Waals surface area contributed by atoms with E-state index in [0.29, 0.717) is 35.3 Å². The fraction of sp³-hybridized carbons (Fsp3) is 0.391. The minimum Gasteiger partial charge on any atom is -0.358 e. The third-order valence-electron chi connectivity index (χ3n) is 5.58. The van der Waals surface area contributed by atoms with Gasteiger partial charge in [0.2, 0.25) is 0 Å². The Morgan fingerprint density at radius 2 is 1.79 bits per heavy atom. The third-order valence-corrected chi connectivity index (χ3v) is 6.07. The molecule has 29 heavy (non-hydrogen) atoms. The number of carbonyl (C=O) groups excluding carboxylic acids is 2. The first-order chi connectivity index (χ1) is 14.1. The average molecular weight is 432 g/mol. The van der Waals surface area contributed by atoms with Gasteiger partial charge in [-0.05, 0) is 60.6 Å². The summed E-state index contributed by atoms with van der Waals surface area (Å²) in [6.07, 6.45) is 2.78. The molecule has 0 bridgehead atoms. The number of rotatable bonds is 7. The summed E-state index contributed by atoms with van der Waals surface area (Å²) in [4.78, 5) is 26.2. The Balaban J connectivity index is 1.76. The molecule has 1 saturated heterocycles. The lowest BCUT2D eigenvalue weighted by atomic mass is 9.90. The Hall–Kier alpha value is -1.88. The maximum absolute atomic E-state index is 13.3. The second-order valence-electron chi connectivity index (χ2n) is 7.77. The lowest BCUT2D eigenvalue weighted by molar-refractivity contribution is -0.175. The molecule has 0 aromatic heterocycles. The van der Waals surface area contributed by atoms with Crippen LogP contribution in [-0.4, -0.2) is 29.7 Å². The Kier molecular flexibility index (Phi) is 6.23. The van der Waals surface area contributed by atoms with Crippen molar-refractivity contribution in [3.8, 4) is 0 Å². The fourth-order valence-electron chi connectivity index (χ4n) is 3.95. The van der Waals surface area contributed by atoms with Gasteiger partial charge in [0.05, 0.1) is 6.04 Å². The van der Waals surface area contributed by atoms with E-state index < -0.39 is 6.10 Å². The first kappa shape index (κ1) is 20.4. The van der Waals surface area contributed by atoms with Crippen LogP contribution in [-0.2, 0) is 14.3 Å². The van der Waals surface area contributed by atoms with Crippen molar-refractivity contribution in [2.24, 2.45) is 5.92 Å². The molecular weight excluding hydrogens is 409 g/mol. The minimum atomic E-state index is -0.633. The smallest absolute Gasteiger partial charge is 0.252 e. The number of nitrogens with zero attached hydrogens (tertiary/aromatic N) is 1. The van der Waals surface area contributed by atoms with E-state index in [0.717, 1.165) is 30.3 Å². The molecule has 4 nitrogen and oxygen atoms in total. The van der Waals surface area contributed by atoms with Crippen LogP contribution in [0.15, 0.2) is 48.5 Å². The molecule has 2 aromatic rings. The Bertz CT molecular complexity index is 882. The number of hydrogen-bond acceptors (Lipinski definition) is 3. The summed E-state index contributed by atoms with van der Waals surface area (Å²) >= 11 is 12.4. The highest BCUT2D eigenvalue weighted by molar-refractivity contribution is 6.30. The molecule has 0 unspecified atom stereocenters. The Labute approximate surface area is 180 Å². The summed E-state index contributed by atoms with van der Waals surface area (Å²) < 4.78 is 6.33. The summed E-state index contributed by atoms with van der Waals surface area (Å²) in [7, 11) is 0. The number of aldehydes is 1. The molecule has 2 aromatic carbocycles. The number of hydrogen-bond donors (Lipinski definition) is 0. The van der Waals surface area contributed by atoms with Gasteiger partial charge in [-0.15, -0.1) is 0 Å². The Morgan fingerprint density at radius 1 is 1.03 bits per heavy atom. The van der Waals surface area contributed by atoms with Gasteiger partial charge in [0, 0.05) is 23.0 Å². The maximum Gasteiger partial charge on any atom is 0.252 e. The van der Waals surface area contributed by atoms with Crippen molar-refractivity contribution in [1.82, 2.24) is 4.90 Å². The van der Waals surface area contributed by atoms with Crippen LogP contribution in [0, 0.1) is 5.92 Å². The van der Waals surface area contributed by atoms with Crippen molar-refractivity contribution in [1.29, 1.82) is 0 Å². The second-order valence-corrected chi connectivity index (χ2v) is 8.65. The van der Waals surface area contributed by atoms with Crippen molar-refractivity contribution < 1.29 is 14.3 Å². The number of benzene rings is 2. The van der Waals surface area contributed by atoms with E-state index in [-0.39, 0.29) is 18.1 Å². The lowest BCUT2D eigenvalue weighted by Gasteiger charge is -2.45. The van der Waals surface area contributed by atoms with Crippen LogP contribution in [0.3, 0.4) is 0 Å². The number of halogens is 2. The van der Waals surface area contributed by atoms with Crippen LogP contribution in [0.5, 0.6) is 0 Å². The molecule has 2 fully saturated rings. The molecule has 0 N–H and O–H groups in total. The summed E-state index contributed by atoms with van der Waals surface area (Å²) in [6.45, 7) is 0.699. The summed E-state index contributed by atoms with van der Waals surface area (Å²) in [5, 5.41) is 1.27. The zero-order valence-corrected chi connectivity index (χ0v) is 17.5. The molecule has 6 heteroatoms. The molecule has 3 atom stereocenters. The molecule has 152 valence electrons. The monoisotopic (exact) mass is 431 g/mol. The quantitative estimate of drug-likeness (QED) is 0.551. The van der Waals surface area contributed by atoms with E-state index in [1.807, 2.05) is 53.4 Å². The van der Waals surface area contributed by atoms with Crippen molar-refractivity contribution in [3.63, 3.8) is 0 Å². The number of morpholine rings is 1. The van der Waals surface area contributed by atoms with Crippen LogP contribution >= 0.6 is 23.2 Å². The summed E-state index contributed by atoms with van der Waals surface area (Å²) in [5.74, 6) is 0.482. The van der Waals surface area contributed by atoms with E-state index in [1.165, 1.54) is 0 Å². The number of ether oxygens (including phenoxy) is 1. The predicted molar refractivity (Wildman–Crippen MR) is 113 cm³/mol.